The molecule has 1 atom stereocenters. The smallest absolute Gasteiger partial charge is 0.429 e. The van der Waals surface area contributed by atoms with Gasteiger partial charge < -0.3 is 26.4 Å². The molecule has 0 aliphatic heterocycles. The van der Waals surface area contributed by atoms with Gasteiger partial charge in [-0.3, -0.25) is 4.79 Å². The molecule has 2 amide bonds. The molecule has 17 heteroatoms. The minimum absolute atomic E-state index is 0.0176. The summed E-state index contributed by atoms with van der Waals surface area (Å²) in [5.74, 6) is -0.303. The molecule has 314 valence electrons. The van der Waals surface area contributed by atoms with Crippen LogP contribution in [0.25, 0.3) is 11.3 Å². The van der Waals surface area contributed by atoms with E-state index in [1.807, 2.05) is 38.4 Å². The lowest BCUT2D eigenvalue weighted by molar-refractivity contribution is -0.0537. The minimum Gasteiger partial charge on any atom is -0.442 e. The van der Waals surface area contributed by atoms with E-state index >= 15 is 4.79 Å². The number of pyridine rings is 1. The molecule has 0 bridgehead atoms. The standard InChI is InChI=1S/C43H50BrFN12O3/c1-27(30-15-17-32(45)18-16-30)57(56(42(59)60-43(2,3)4)20-8-10-35-39(48)50-26-37(44)54-35)41(58)33-21-29(22-46)24-52-40(33)51-23-28-11-13-31(14-12-28)36-25-49-38(47)34(53-36)9-7-19-55(5)6/h11-18,21,24-27H,7-10,19-20,23H2,1-6H3,(H2,47,49)(H2,48,50)(H,51,52). The lowest BCUT2D eigenvalue weighted by Gasteiger charge is -2.40. The number of carbonyl (C=O) groups is 2. The third kappa shape index (κ3) is 12.1. The molecule has 0 fully saturated rings. The van der Waals surface area contributed by atoms with Gasteiger partial charge in [0, 0.05) is 24.8 Å². The summed E-state index contributed by atoms with van der Waals surface area (Å²) in [6.45, 7) is 8.02. The van der Waals surface area contributed by atoms with Crippen LogP contribution in [0.3, 0.4) is 0 Å². The number of nitrogens with one attached hydrogen (secondary N) is 1. The maximum atomic E-state index is 15.1. The van der Waals surface area contributed by atoms with E-state index in [9.17, 15) is 14.4 Å². The molecular formula is C43H50BrFN12O3. The molecule has 0 aliphatic rings. The summed E-state index contributed by atoms with van der Waals surface area (Å²) in [5, 5.41) is 15.6. The van der Waals surface area contributed by atoms with Crippen LogP contribution in [-0.4, -0.2) is 84.6 Å². The van der Waals surface area contributed by atoms with Gasteiger partial charge in [0.05, 0.1) is 46.6 Å². The Hall–Kier alpha value is -6.25. The third-order valence-electron chi connectivity index (χ3n) is 9.28. The second-order valence-corrected chi connectivity index (χ2v) is 16.2. The zero-order chi connectivity index (χ0) is 43.6. The van der Waals surface area contributed by atoms with Crippen LogP contribution in [0, 0.1) is 17.1 Å². The van der Waals surface area contributed by atoms with Crippen molar-refractivity contribution in [3.05, 3.63) is 117 Å². The molecule has 0 radical (unpaired) electrons. The van der Waals surface area contributed by atoms with Crippen molar-refractivity contribution in [1.82, 2.24) is 39.8 Å². The zero-order valence-corrected chi connectivity index (χ0v) is 36.2. The lowest BCUT2D eigenvalue weighted by Crippen LogP contribution is -2.53. The quantitative estimate of drug-likeness (QED) is 0.0881. The number of hydrogen-bond donors (Lipinski definition) is 3. The number of carbonyl (C=O) groups excluding carboxylic acids is 2. The van der Waals surface area contributed by atoms with Gasteiger partial charge in [-0.15, -0.1) is 0 Å². The third-order valence-corrected chi connectivity index (χ3v) is 9.66. The maximum absolute atomic E-state index is 15.1. The van der Waals surface area contributed by atoms with E-state index in [-0.39, 0.29) is 35.9 Å². The van der Waals surface area contributed by atoms with E-state index in [2.05, 4.69) is 52.2 Å². The molecule has 3 heterocycles. The Labute approximate surface area is 358 Å². The van der Waals surface area contributed by atoms with E-state index < -0.39 is 29.5 Å². The van der Waals surface area contributed by atoms with E-state index in [0.717, 1.165) is 29.8 Å². The second kappa shape index (κ2) is 20.1. The average Bonchev–Trinajstić information content (AvgIpc) is 3.21. The number of anilines is 3. The fraction of sp³-hybridized carbons (Fsp3) is 0.349. The topological polar surface area (TPSA) is 205 Å². The Morgan fingerprint density at radius 3 is 2.18 bits per heavy atom. The van der Waals surface area contributed by atoms with Gasteiger partial charge in [-0.25, -0.2) is 44.1 Å². The van der Waals surface area contributed by atoms with Crippen LogP contribution in [-0.2, 0) is 24.1 Å². The van der Waals surface area contributed by atoms with Gasteiger partial charge in [0.2, 0.25) is 0 Å². The highest BCUT2D eigenvalue weighted by molar-refractivity contribution is 9.10. The summed E-state index contributed by atoms with van der Waals surface area (Å²) in [4.78, 5) is 53.5. The predicted molar refractivity (Wildman–Crippen MR) is 231 cm³/mol. The Kier molecular flexibility index (Phi) is 15.1. The van der Waals surface area contributed by atoms with Crippen molar-refractivity contribution in [1.29, 1.82) is 5.26 Å². The molecule has 5 aromatic rings. The van der Waals surface area contributed by atoms with Crippen molar-refractivity contribution < 1.29 is 18.7 Å². The number of nitrogens with zero attached hydrogens (tertiary/aromatic N) is 9. The maximum Gasteiger partial charge on any atom is 0.429 e. The molecule has 3 aromatic heterocycles. The van der Waals surface area contributed by atoms with E-state index in [0.29, 0.717) is 46.6 Å². The Morgan fingerprint density at radius 2 is 1.55 bits per heavy atom. The largest absolute Gasteiger partial charge is 0.442 e. The molecule has 0 spiro atoms. The van der Waals surface area contributed by atoms with Crippen LogP contribution >= 0.6 is 15.9 Å². The highest BCUT2D eigenvalue weighted by Crippen LogP contribution is 2.30. The molecule has 15 nitrogen and oxygen atoms in total. The number of nitrogens with two attached hydrogens (primary N) is 2. The molecular weight excluding hydrogens is 831 g/mol. The number of ether oxygens (including phenoxy) is 1. The fourth-order valence-corrected chi connectivity index (χ4v) is 6.54. The Bertz CT molecular complexity index is 2320. The van der Waals surface area contributed by atoms with Gasteiger partial charge in [-0.2, -0.15) is 5.26 Å². The van der Waals surface area contributed by atoms with E-state index in [4.69, 9.17) is 21.2 Å². The Balaban J connectivity index is 1.46. The number of hydrogen-bond acceptors (Lipinski definition) is 13. The Morgan fingerprint density at radius 1 is 0.917 bits per heavy atom. The number of nitriles is 1. The van der Waals surface area contributed by atoms with Crippen LogP contribution in [0.5, 0.6) is 0 Å². The first-order valence-corrected chi connectivity index (χ1v) is 20.2. The molecule has 5 rings (SSSR count). The van der Waals surface area contributed by atoms with Gasteiger partial charge in [0.1, 0.15) is 39.5 Å². The first kappa shape index (κ1) is 44.8. The number of halogens is 2. The zero-order valence-electron chi connectivity index (χ0n) is 34.6. The molecule has 0 saturated carbocycles. The molecule has 0 saturated heterocycles. The van der Waals surface area contributed by atoms with E-state index in [1.165, 1.54) is 40.6 Å². The summed E-state index contributed by atoms with van der Waals surface area (Å²) in [5.41, 5.74) is 15.7. The monoisotopic (exact) mass is 880 g/mol. The van der Waals surface area contributed by atoms with Crippen molar-refractivity contribution in [2.24, 2.45) is 0 Å². The van der Waals surface area contributed by atoms with Crippen LogP contribution < -0.4 is 16.8 Å². The molecule has 60 heavy (non-hydrogen) atoms. The van der Waals surface area contributed by atoms with Gasteiger partial charge in [-0.1, -0.05) is 36.4 Å². The van der Waals surface area contributed by atoms with Crippen LogP contribution in [0.1, 0.15) is 85.0 Å². The van der Waals surface area contributed by atoms with Crippen molar-refractivity contribution in [2.45, 2.75) is 71.6 Å². The first-order valence-electron chi connectivity index (χ1n) is 19.4. The summed E-state index contributed by atoms with van der Waals surface area (Å²) < 4.78 is 20.5. The van der Waals surface area contributed by atoms with Crippen molar-refractivity contribution >= 4 is 45.4 Å². The van der Waals surface area contributed by atoms with Gasteiger partial charge >= 0.3 is 6.09 Å². The predicted octanol–water partition coefficient (Wildman–Crippen LogP) is 7.36. The average molecular weight is 882 g/mol. The summed E-state index contributed by atoms with van der Waals surface area (Å²) in [6, 6.07) is 16.0. The van der Waals surface area contributed by atoms with Crippen molar-refractivity contribution in [3.8, 4) is 17.3 Å². The number of amides is 2. The number of nitrogen functional groups attached to an aromatic ring is 2. The summed E-state index contributed by atoms with van der Waals surface area (Å²) in [6.07, 6.45) is 5.91. The highest BCUT2D eigenvalue weighted by atomic mass is 79.9. The van der Waals surface area contributed by atoms with Gasteiger partial charge in [-0.05, 0) is 119 Å². The second-order valence-electron chi connectivity index (χ2n) is 15.4. The molecule has 0 aliphatic carbocycles. The minimum atomic E-state index is -0.928. The summed E-state index contributed by atoms with van der Waals surface area (Å²) in [7, 11) is 4.04. The van der Waals surface area contributed by atoms with Crippen molar-refractivity contribution in [3.63, 3.8) is 0 Å². The molecule has 2 aromatic carbocycles. The lowest BCUT2D eigenvalue weighted by atomic mass is 10.1. The number of aromatic nitrogens is 5. The summed E-state index contributed by atoms with van der Waals surface area (Å²) >= 11 is 3.33. The van der Waals surface area contributed by atoms with Gasteiger partial charge in [0.15, 0.2) is 0 Å². The van der Waals surface area contributed by atoms with Crippen molar-refractivity contribution in [2.75, 3.05) is 44.0 Å². The SMILES string of the molecule is CC(c1ccc(F)cc1)N(C(=O)c1cc(C#N)cnc1NCc1ccc(-c2cnc(N)c(CCCN(C)C)n2)cc1)N(CCCc1nc(Br)cnc1N)C(=O)OC(C)(C)C. The first-order chi connectivity index (χ1) is 28.5. The van der Waals surface area contributed by atoms with Crippen LogP contribution in [0.15, 0.2) is 77.8 Å². The number of rotatable bonds is 15. The number of hydrazine groups is 1. The number of benzene rings is 2. The highest BCUT2D eigenvalue weighted by Gasteiger charge is 2.36. The van der Waals surface area contributed by atoms with E-state index in [1.54, 1.807) is 46.0 Å². The molecule has 5 N–H and O–H groups in total. The van der Waals surface area contributed by atoms with Crippen LogP contribution in [0.2, 0.25) is 0 Å². The fourth-order valence-electron chi connectivity index (χ4n) is 6.23. The number of aryl methyl sites for hydroxylation is 2. The molecule has 1 unspecified atom stereocenters. The van der Waals surface area contributed by atoms with Crippen LogP contribution in [0.4, 0.5) is 26.6 Å². The van der Waals surface area contributed by atoms with Gasteiger partial charge in [0.25, 0.3) is 5.91 Å². The normalized spacial score (nSPS) is 11.8.